The lowest BCUT2D eigenvalue weighted by Gasteiger charge is -2.26. The lowest BCUT2D eigenvalue weighted by Crippen LogP contribution is -2.09. The van der Waals surface area contributed by atoms with Gasteiger partial charge in [0.05, 0.1) is 11.0 Å². The predicted molar refractivity (Wildman–Crippen MR) is 272 cm³/mol. The van der Waals surface area contributed by atoms with Gasteiger partial charge in [-0.1, -0.05) is 115 Å². The van der Waals surface area contributed by atoms with Crippen molar-refractivity contribution >= 4 is 94.9 Å². The smallest absolute Gasteiger partial charge is 0.137 e. The van der Waals surface area contributed by atoms with Crippen LogP contribution in [-0.4, -0.2) is 4.57 Å². The van der Waals surface area contributed by atoms with E-state index in [0.717, 1.165) is 89.8 Å². The van der Waals surface area contributed by atoms with Gasteiger partial charge in [-0.2, -0.15) is 0 Å². The van der Waals surface area contributed by atoms with Gasteiger partial charge in [-0.3, -0.25) is 0 Å². The van der Waals surface area contributed by atoms with Crippen molar-refractivity contribution in [3.05, 3.63) is 255 Å². The van der Waals surface area contributed by atoms with Gasteiger partial charge >= 0.3 is 0 Å². The molecule has 0 aliphatic heterocycles. The van der Waals surface area contributed by atoms with E-state index in [1.54, 1.807) is 0 Å². The summed E-state index contributed by atoms with van der Waals surface area (Å²) in [6.07, 6.45) is 0. The minimum atomic E-state index is 0.838. The van der Waals surface area contributed by atoms with Crippen LogP contribution in [0.2, 0.25) is 0 Å². The Bertz CT molecular complexity index is 3510. The number of hydrogen-bond acceptors (Lipinski definition) is 4. The predicted octanol–water partition coefficient (Wildman–Crippen LogP) is 17.1. The van der Waals surface area contributed by atoms with Crippen LogP contribution in [0.5, 0.6) is 0 Å². The van der Waals surface area contributed by atoms with Crippen molar-refractivity contribution in [3.8, 4) is 5.69 Å². The third-order valence-corrected chi connectivity index (χ3v) is 12.3. The topological polar surface area (TPSA) is 27.8 Å². The number of fused-ring (bicyclic) bond motifs is 6. The van der Waals surface area contributed by atoms with Gasteiger partial charge in [-0.15, -0.1) is 0 Å². The lowest BCUT2D eigenvalue weighted by atomic mass is 10.1. The first-order valence-electron chi connectivity index (χ1n) is 22.0. The highest BCUT2D eigenvalue weighted by Crippen LogP contribution is 2.45. The Balaban J connectivity index is 1.00. The molecule has 0 spiro atoms. The summed E-state index contributed by atoms with van der Waals surface area (Å²) in [6.45, 7) is 0. The third kappa shape index (κ3) is 6.83. The average Bonchev–Trinajstić information content (AvgIpc) is 3.90. The van der Waals surface area contributed by atoms with E-state index in [9.17, 15) is 0 Å². The summed E-state index contributed by atoms with van der Waals surface area (Å²) in [7, 11) is 0. The molecule has 5 heteroatoms. The Labute approximate surface area is 377 Å². The number of furan rings is 1. The normalized spacial score (nSPS) is 11.4. The first kappa shape index (κ1) is 37.9. The molecule has 0 atom stereocenters. The van der Waals surface area contributed by atoms with Crippen molar-refractivity contribution in [3.63, 3.8) is 0 Å². The van der Waals surface area contributed by atoms with Gasteiger partial charge in [0.25, 0.3) is 0 Å². The molecule has 0 aliphatic rings. The molecule has 0 bridgehead atoms. The van der Waals surface area contributed by atoms with E-state index >= 15 is 0 Å². The molecular weight excluding hydrogens is 793 g/mol. The van der Waals surface area contributed by atoms with Crippen LogP contribution in [0.25, 0.3) is 49.4 Å². The van der Waals surface area contributed by atoms with E-state index in [-0.39, 0.29) is 0 Å². The monoisotopic (exact) mass is 834 g/mol. The molecule has 2 heterocycles. The fourth-order valence-corrected chi connectivity index (χ4v) is 9.39. The van der Waals surface area contributed by atoms with Crippen LogP contribution < -0.4 is 14.7 Å². The number of anilines is 9. The number of benzene rings is 10. The van der Waals surface area contributed by atoms with Crippen molar-refractivity contribution in [1.29, 1.82) is 0 Å². The summed E-state index contributed by atoms with van der Waals surface area (Å²) in [5, 5.41) is 4.47. The molecule has 0 fully saturated rings. The molecule has 0 amide bonds. The standard InChI is InChI=1S/C60H42N4O/c1-7-19-43(20-8-1)61(44-21-9-2-10-22-44)51-31-35-53-55-39-49(33-37-57(55)64(58(53)41-51)48-29-17-6-18-30-48)63(47-27-15-5-16-28-47)50-34-38-59-56(40-50)54-36-32-52(42-60(54)65-59)62(45-23-11-3-12-24-45)46-25-13-4-14-26-46/h1-42H. The van der Waals surface area contributed by atoms with Gasteiger partial charge in [0, 0.05) is 84.5 Å². The second kappa shape index (κ2) is 16.2. The minimum Gasteiger partial charge on any atom is -0.456 e. The Morgan fingerprint density at radius 2 is 0.631 bits per heavy atom. The van der Waals surface area contributed by atoms with Gasteiger partial charge < -0.3 is 23.7 Å². The van der Waals surface area contributed by atoms with Crippen molar-refractivity contribution in [2.24, 2.45) is 0 Å². The zero-order valence-electron chi connectivity index (χ0n) is 35.4. The van der Waals surface area contributed by atoms with E-state index in [4.69, 9.17) is 4.42 Å². The molecule has 12 rings (SSSR count). The molecule has 0 radical (unpaired) electrons. The first-order chi connectivity index (χ1) is 32.2. The zero-order chi connectivity index (χ0) is 43.1. The van der Waals surface area contributed by atoms with Crippen LogP contribution in [0.3, 0.4) is 0 Å². The molecule has 0 aliphatic carbocycles. The Morgan fingerprint density at radius 1 is 0.246 bits per heavy atom. The van der Waals surface area contributed by atoms with E-state index in [1.165, 1.54) is 10.8 Å². The summed E-state index contributed by atoms with van der Waals surface area (Å²) in [5.74, 6) is 0. The molecular formula is C60H42N4O. The van der Waals surface area contributed by atoms with Crippen molar-refractivity contribution < 1.29 is 4.42 Å². The van der Waals surface area contributed by atoms with E-state index in [2.05, 4.69) is 274 Å². The Morgan fingerprint density at radius 3 is 1.14 bits per heavy atom. The lowest BCUT2D eigenvalue weighted by molar-refractivity contribution is 0.669. The molecule has 0 unspecified atom stereocenters. The number of rotatable bonds is 10. The van der Waals surface area contributed by atoms with Crippen LogP contribution in [0, 0.1) is 0 Å². The van der Waals surface area contributed by atoms with Crippen LogP contribution in [-0.2, 0) is 0 Å². The highest BCUT2D eigenvalue weighted by molar-refractivity contribution is 6.12. The molecule has 308 valence electrons. The molecule has 10 aromatic carbocycles. The van der Waals surface area contributed by atoms with Crippen LogP contribution in [0.15, 0.2) is 259 Å². The average molecular weight is 835 g/mol. The summed E-state index contributed by atoms with van der Waals surface area (Å²) in [6, 6.07) is 90.3. The molecule has 12 aromatic rings. The number of nitrogens with zero attached hydrogens (tertiary/aromatic N) is 4. The fourth-order valence-electron chi connectivity index (χ4n) is 9.39. The van der Waals surface area contributed by atoms with E-state index < -0.39 is 0 Å². The first-order valence-corrected chi connectivity index (χ1v) is 22.0. The third-order valence-electron chi connectivity index (χ3n) is 12.3. The molecule has 5 nitrogen and oxygen atoms in total. The van der Waals surface area contributed by atoms with Crippen molar-refractivity contribution in [1.82, 2.24) is 4.57 Å². The van der Waals surface area contributed by atoms with Crippen LogP contribution in [0.1, 0.15) is 0 Å². The second-order valence-electron chi connectivity index (χ2n) is 16.2. The van der Waals surface area contributed by atoms with Gasteiger partial charge in [0.2, 0.25) is 0 Å². The highest BCUT2D eigenvalue weighted by Gasteiger charge is 2.21. The largest absolute Gasteiger partial charge is 0.456 e. The molecule has 0 saturated heterocycles. The van der Waals surface area contributed by atoms with Crippen molar-refractivity contribution in [2.45, 2.75) is 0 Å². The molecule has 2 aromatic heterocycles. The maximum absolute atomic E-state index is 6.64. The maximum atomic E-state index is 6.64. The second-order valence-corrected chi connectivity index (χ2v) is 16.2. The maximum Gasteiger partial charge on any atom is 0.137 e. The summed E-state index contributed by atoms with van der Waals surface area (Å²) >= 11 is 0. The molecule has 0 N–H and O–H groups in total. The van der Waals surface area contributed by atoms with Gasteiger partial charge in [0.15, 0.2) is 0 Å². The minimum absolute atomic E-state index is 0.838. The van der Waals surface area contributed by atoms with Crippen LogP contribution in [0.4, 0.5) is 51.2 Å². The van der Waals surface area contributed by atoms with Crippen LogP contribution >= 0.6 is 0 Å². The van der Waals surface area contributed by atoms with Gasteiger partial charge in [-0.25, -0.2) is 0 Å². The SMILES string of the molecule is c1ccc(N(c2ccccc2)c2ccc3c(c2)oc2ccc(N(c4ccccc4)c4ccc5c(c4)c4ccc(N(c6ccccc6)c6ccccc6)cc4n5-c4ccccc4)cc23)cc1. The summed E-state index contributed by atoms with van der Waals surface area (Å²) in [5.41, 5.74) is 14.7. The molecule has 65 heavy (non-hydrogen) atoms. The summed E-state index contributed by atoms with van der Waals surface area (Å²) in [4.78, 5) is 6.95. The quantitative estimate of drug-likeness (QED) is 0.137. The van der Waals surface area contributed by atoms with Gasteiger partial charge in [0.1, 0.15) is 11.2 Å². The fraction of sp³-hybridized carbons (Fsp3) is 0. The van der Waals surface area contributed by atoms with E-state index in [1.807, 2.05) is 0 Å². The number of aromatic nitrogens is 1. The van der Waals surface area contributed by atoms with E-state index in [0.29, 0.717) is 0 Å². The Kier molecular flexibility index (Phi) is 9.42. The molecule has 0 saturated carbocycles. The van der Waals surface area contributed by atoms with Crippen molar-refractivity contribution in [2.75, 3.05) is 14.7 Å². The van der Waals surface area contributed by atoms with Gasteiger partial charge in [-0.05, 0) is 133 Å². The Hall–Kier alpha value is -8.80. The number of hydrogen-bond donors (Lipinski definition) is 0. The summed E-state index contributed by atoms with van der Waals surface area (Å²) < 4.78 is 9.04. The zero-order valence-corrected chi connectivity index (χ0v) is 35.4. The highest BCUT2D eigenvalue weighted by atomic mass is 16.3. The number of para-hydroxylation sites is 6.